The summed E-state index contributed by atoms with van der Waals surface area (Å²) in [5, 5.41) is 24.1. The minimum absolute atomic E-state index is 0.354. The number of aromatic nitrogens is 2. The van der Waals surface area contributed by atoms with Gasteiger partial charge < -0.3 is 33.9 Å². The Kier molecular flexibility index (Phi) is 6.55. The van der Waals surface area contributed by atoms with Crippen LogP contribution < -0.4 is 14.4 Å². The van der Waals surface area contributed by atoms with Crippen LogP contribution in [0.5, 0.6) is 11.5 Å². The molecule has 11 heteroatoms. The van der Waals surface area contributed by atoms with Gasteiger partial charge in [-0.25, -0.2) is 9.59 Å². The standard InChI is InChI=1S/C17H20N4O3.C4H4O4/c1-2-4-14-13(3-1)22-11-15(23-14)16-18-19-17(24-16)21-10-9-20-7-5-12(21)6-8-20;5-3(6)1-2-4(7)8/h1-4,12,15H,5-11H2;1-2H,(H,5,6)(H,7,8)/b;2-1+. The number of carbonyl (C=O) groups is 2. The SMILES string of the molecule is O=C(O)/C=C/C(=O)O.c1ccc2c(c1)OCC(c1nnc(N3CCN4CCC3CC4)o1)O2. The van der Waals surface area contributed by atoms with Gasteiger partial charge in [-0.1, -0.05) is 17.2 Å². The van der Waals surface area contributed by atoms with Crippen LogP contribution in [0.25, 0.3) is 0 Å². The number of aliphatic carboxylic acids is 2. The molecule has 2 bridgehead atoms. The number of carboxylic acids is 2. The molecule has 2 N–H and O–H groups in total. The van der Waals surface area contributed by atoms with Gasteiger partial charge in [-0.3, -0.25) is 0 Å². The molecule has 3 saturated heterocycles. The van der Waals surface area contributed by atoms with Crippen LogP contribution in [0.15, 0.2) is 40.8 Å². The highest BCUT2D eigenvalue weighted by Gasteiger charge is 2.33. The number of hydrogen-bond donors (Lipinski definition) is 2. The topological polar surface area (TPSA) is 138 Å². The molecule has 4 aliphatic heterocycles. The Hall–Kier alpha value is -3.60. The van der Waals surface area contributed by atoms with Crippen molar-refractivity contribution < 1.29 is 33.7 Å². The lowest BCUT2D eigenvalue weighted by Crippen LogP contribution is -2.38. The maximum Gasteiger partial charge on any atom is 0.328 e. The molecule has 3 fully saturated rings. The molecular weight excluding hydrogens is 420 g/mol. The molecule has 2 aromatic rings. The third-order valence-corrected chi connectivity index (χ3v) is 5.48. The quantitative estimate of drug-likeness (QED) is 0.665. The summed E-state index contributed by atoms with van der Waals surface area (Å²) in [6.45, 7) is 4.72. The van der Waals surface area contributed by atoms with E-state index in [0.717, 1.165) is 37.4 Å². The van der Waals surface area contributed by atoms with E-state index in [0.29, 0.717) is 36.7 Å². The van der Waals surface area contributed by atoms with Crippen molar-refractivity contribution >= 4 is 18.0 Å². The Morgan fingerprint density at radius 3 is 2.34 bits per heavy atom. The van der Waals surface area contributed by atoms with Crippen molar-refractivity contribution in [2.75, 3.05) is 37.7 Å². The molecule has 4 aliphatic rings. The molecule has 0 saturated carbocycles. The molecule has 5 heterocycles. The first-order chi connectivity index (χ1) is 15.5. The molecule has 1 aromatic carbocycles. The highest BCUT2D eigenvalue weighted by Crippen LogP contribution is 2.36. The predicted molar refractivity (Wildman–Crippen MR) is 111 cm³/mol. The Morgan fingerprint density at radius 1 is 0.969 bits per heavy atom. The second-order valence-electron chi connectivity index (χ2n) is 7.56. The minimum Gasteiger partial charge on any atom is -0.485 e. The van der Waals surface area contributed by atoms with Crippen LogP contribution >= 0.6 is 0 Å². The molecule has 1 unspecified atom stereocenters. The van der Waals surface area contributed by atoms with Crippen LogP contribution in [-0.2, 0) is 9.59 Å². The highest BCUT2D eigenvalue weighted by atomic mass is 16.6. The zero-order valence-electron chi connectivity index (χ0n) is 17.3. The molecule has 1 atom stereocenters. The molecule has 6 rings (SSSR count). The van der Waals surface area contributed by atoms with Gasteiger partial charge in [0.05, 0.1) is 0 Å². The number of para-hydroxylation sites is 2. The van der Waals surface area contributed by atoms with Crippen LogP contribution in [0.2, 0.25) is 0 Å². The number of nitrogens with zero attached hydrogens (tertiary/aromatic N) is 4. The summed E-state index contributed by atoms with van der Waals surface area (Å²) < 4.78 is 17.7. The first-order valence-corrected chi connectivity index (χ1v) is 10.3. The lowest BCUT2D eigenvalue weighted by atomic mass is 10.1. The summed E-state index contributed by atoms with van der Waals surface area (Å²) >= 11 is 0. The normalized spacial score (nSPS) is 23.9. The second-order valence-corrected chi connectivity index (χ2v) is 7.56. The van der Waals surface area contributed by atoms with E-state index in [1.54, 1.807) is 0 Å². The fraction of sp³-hybridized carbons (Fsp3) is 0.429. The van der Waals surface area contributed by atoms with Crippen LogP contribution in [0.3, 0.4) is 0 Å². The van der Waals surface area contributed by atoms with Crippen molar-refractivity contribution in [3.05, 3.63) is 42.3 Å². The molecule has 170 valence electrons. The number of fused-ring (bicyclic) bond motifs is 5. The lowest BCUT2D eigenvalue weighted by molar-refractivity contribution is -0.134. The second kappa shape index (κ2) is 9.69. The average molecular weight is 444 g/mol. The third-order valence-electron chi connectivity index (χ3n) is 5.48. The fourth-order valence-corrected chi connectivity index (χ4v) is 3.89. The Labute approximate surface area is 183 Å². The summed E-state index contributed by atoms with van der Waals surface area (Å²) in [5.41, 5.74) is 0. The van der Waals surface area contributed by atoms with E-state index in [4.69, 9.17) is 24.1 Å². The monoisotopic (exact) mass is 444 g/mol. The molecular formula is C21H24N4O7. The minimum atomic E-state index is -1.26. The number of hydrogen-bond acceptors (Lipinski definition) is 9. The van der Waals surface area contributed by atoms with Crippen molar-refractivity contribution in [2.24, 2.45) is 0 Å². The summed E-state index contributed by atoms with van der Waals surface area (Å²) in [7, 11) is 0. The number of anilines is 1. The Balaban J connectivity index is 0.000000265. The van der Waals surface area contributed by atoms with Crippen LogP contribution in [-0.4, -0.2) is 76.1 Å². The van der Waals surface area contributed by atoms with E-state index in [-0.39, 0.29) is 6.10 Å². The van der Waals surface area contributed by atoms with E-state index in [2.05, 4.69) is 20.0 Å². The zero-order chi connectivity index (χ0) is 22.5. The van der Waals surface area contributed by atoms with E-state index < -0.39 is 11.9 Å². The van der Waals surface area contributed by atoms with Gasteiger partial charge in [0.15, 0.2) is 11.5 Å². The average Bonchev–Trinajstić information content (AvgIpc) is 3.10. The Morgan fingerprint density at radius 2 is 1.66 bits per heavy atom. The van der Waals surface area contributed by atoms with E-state index >= 15 is 0 Å². The molecule has 0 radical (unpaired) electrons. The molecule has 0 aliphatic carbocycles. The summed E-state index contributed by atoms with van der Waals surface area (Å²) in [4.78, 5) is 23.9. The van der Waals surface area contributed by atoms with Gasteiger partial charge in [-0.2, -0.15) is 0 Å². The number of piperidine rings is 1. The molecule has 0 spiro atoms. The smallest absolute Gasteiger partial charge is 0.328 e. The Bertz CT molecular complexity index is 968. The molecule has 11 nitrogen and oxygen atoms in total. The first-order valence-electron chi connectivity index (χ1n) is 10.3. The zero-order valence-corrected chi connectivity index (χ0v) is 17.3. The van der Waals surface area contributed by atoms with Gasteiger partial charge in [0, 0.05) is 44.4 Å². The van der Waals surface area contributed by atoms with Gasteiger partial charge >= 0.3 is 18.0 Å². The van der Waals surface area contributed by atoms with Gasteiger partial charge in [0.25, 0.3) is 5.89 Å². The van der Waals surface area contributed by atoms with Gasteiger partial charge in [0.2, 0.25) is 6.10 Å². The van der Waals surface area contributed by atoms with Gasteiger partial charge in [0.1, 0.15) is 6.61 Å². The number of ether oxygens (including phenoxy) is 2. The largest absolute Gasteiger partial charge is 0.485 e. The number of benzene rings is 1. The molecule has 32 heavy (non-hydrogen) atoms. The summed E-state index contributed by atoms with van der Waals surface area (Å²) in [6.07, 6.45) is 3.08. The van der Waals surface area contributed by atoms with E-state index in [1.165, 1.54) is 13.1 Å². The third kappa shape index (κ3) is 5.17. The van der Waals surface area contributed by atoms with Crippen LogP contribution in [0.4, 0.5) is 6.01 Å². The predicted octanol–water partition coefficient (Wildman–Crippen LogP) is 1.58. The highest BCUT2D eigenvalue weighted by molar-refractivity contribution is 5.89. The maximum absolute atomic E-state index is 9.55. The van der Waals surface area contributed by atoms with Crippen LogP contribution in [0.1, 0.15) is 24.8 Å². The molecule has 0 amide bonds. The van der Waals surface area contributed by atoms with Crippen molar-refractivity contribution in [2.45, 2.75) is 25.0 Å². The van der Waals surface area contributed by atoms with Crippen molar-refractivity contribution in [3.63, 3.8) is 0 Å². The van der Waals surface area contributed by atoms with Crippen molar-refractivity contribution in [1.29, 1.82) is 0 Å². The first kappa shape index (κ1) is 21.6. The van der Waals surface area contributed by atoms with Gasteiger partial charge in [-0.05, 0) is 25.0 Å². The van der Waals surface area contributed by atoms with Crippen molar-refractivity contribution in [3.8, 4) is 11.5 Å². The summed E-state index contributed by atoms with van der Waals surface area (Å²) in [5.74, 6) is -0.555. The van der Waals surface area contributed by atoms with Crippen molar-refractivity contribution in [1.82, 2.24) is 15.1 Å². The number of rotatable bonds is 4. The van der Waals surface area contributed by atoms with E-state index in [9.17, 15) is 9.59 Å². The van der Waals surface area contributed by atoms with E-state index in [1.807, 2.05) is 24.3 Å². The van der Waals surface area contributed by atoms with Gasteiger partial charge in [-0.15, -0.1) is 5.10 Å². The maximum atomic E-state index is 9.55. The lowest BCUT2D eigenvalue weighted by Gasteiger charge is -2.30. The number of carboxylic acid groups (broad SMARTS) is 2. The van der Waals surface area contributed by atoms with Crippen LogP contribution in [0, 0.1) is 0 Å². The molecule has 1 aromatic heterocycles. The fourth-order valence-electron chi connectivity index (χ4n) is 3.89. The summed E-state index contributed by atoms with van der Waals surface area (Å²) in [6, 6.07) is 8.75.